The zero-order chi connectivity index (χ0) is 15.5. The van der Waals surface area contributed by atoms with E-state index in [4.69, 9.17) is 0 Å². The molecule has 6 nitrogen and oxygen atoms in total. The lowest BCUT2D eigenvalue weighted by Gasteiger charge is -2.22. The maximum atomic E-state index is 11.4. The summed E-state index contributed by atoms with van der Waals surface area (Å²) in [5.41, 5.74) is 0.760. The van der Waals surface area contributed by atoms with E-state index in [-0.39, 0.29) is 11.1 Å². The van der Waals surface area contributed by atoms with Crippen molar-refractivity contribution in [1.82, 2.24) is 0 Å². The first-order chi connectivity index (χ1) is 8.99. The van der Waals surface area contributed by atoms with Crippen LogP contribution in [0.3, 0.4) is 0 Å². The van der Waals surface area contributed by atoms with Crippen molar-refractivity contribution in [3.8, 4) is 0 Å². The normalized spacial score (nSPS) is 18.6. The molecule has 20 heavy (non-hydrogen) atoms. The molecular weight excluding hydrogens is 260 g/mol. The van der Waals surface area contributed by atoms with Crippen molar-refractivity contribution in [2.75, 3.05) is 0 Å². The van der Waals surface area contributed by atoms with Gasteiger partial charge in [-0.2, -0.15) is 0 Å². The van der Waals surface area contributed by atoms with Crippen LogP contribution >= 0.6 is 0 Å². The number of hydrogen-bond donors (Lipinski definition) is 0. The van der Waals surface area contributed by atoms with Crippen LogP contribution in [0.4, 0.5) is 11.4 Å². The third kappa shape index (κ3) is 1.87. The van der Waals surface area contributed by atoms with Gasteiger partial charge in [0.2, 0.25) is 0 Å². The van der Waals surface area contributed by atoms with Crippen LogP contribution in [0.2, 0.25) is 0 Å². The summed E-state index contributed by atoms with van der Waals surface area (Å²) in [6.45, 7) is 9.68. The van der Waals surface area contributed by atoms with E-state index >= 15 is 0 Å². The van der Waals surface area contributed by atoms with Gasteiger partial charge in [0.1, 0.15) is 0 Å². The molecule has 0 unspecified atom stereocenters. The van der Waals surface area contributed by atoms with E-state index in [0.717, 1.165) is 17.5 Å². The highest BCUT2D eigenvalue weighted by molar-refractivity contribution is 5.68. The molecule has 0 radical (unpaired) electrons. The van der Waals surface area contributed by atoms with Gasteiger partial charge >= 0.3 is 11.4 Å². The van der Waals surface area contributed by atoms with Crippen molar-refractivity contribution in [3.05, 3.63) is 43.0 Å². The molecule has 0 atom stereocenters. The number of rotatable bonds is 2. The summed E-state index contributed by atoms with van der Waals surface area (Å²) in [4.78, 5) is 21.3. The average molecular weight is 278 g/mol. The first kappa shape index (κ1) is 14.4. The first-order valence-electron chi connectivity index (χ1n) is 6.46. The first-order valence-corrected chi connectivity index (χ1v) is 6.46. The Kier molecular flexibility index (Phi) is 2.89. The van der Waals surface area contributed by atoms with Crippen LogP contribution in [0.5, 0.6) is 0 Å². The second-order valence-corrected chi connectivity index (χ2v) is 6.77. The van der Waals surface area contributed by atoms with Gasteiger partial charge < -0.3 is 0 Å². The van der Waals surface area contributed by atoms with Crippen LogP contribution in [0, 0.1) is 27.2 Å². The van der Waals surface area contributed by atoms with Gasteiger partial charge in [-0.25, -0.2) is 0 Å². The lowest BCUT2D eigenvalue weighted by Crippen LogP contribution is -2.18. The van der Waals surface area contributed by atoms with Crippen LogP contribution in [-0.4, -0.2) is 9.85 Å². The minimum absolute atomic E-state index is 0.219. The Morgan fingerprint density at radius 2 is 1.50 bits per heavy atom. The number of nitrogens with zero attached hydrogens (tertiary/aromatic N) is 2. The molecule has 1 aromatic rings. The molecule has 1 aromatic carbocycles. The Morgan fingerprint density at radius 1 is 1.00 bits per heavy atom. The summed E-state index contributed by atoms with van der Waals surface area (Å²) in [6.07, 6.45) is 0.734. The predicted octanol–water partition coefficient (Wildman–Crippen LogP) is 3.77. The standard InChI is InChI=1S/C14H18N2O4/c1-8-6-9(15(17)18)12(16(19)20)11-10(8)13(2,3)7-14(11,4)5/h6H,7H2,1-5H3. The van der Waals surface area contributed by atoms with Crippen LogP contribution in [-0.2, 0) is 10.8 Å². The smallest absolute Gasteiger partial charge is 0.258 e. The highest BCUT2D eigenvalue weighted by atomic mass is 16.6. The third-order valence-electron chi connectivity index (χ3n) is 4.09. The Morgan fingerprint density at radius 3 is 1.95 bits per heavy atom. The fourth-order valence-corrected chi connectivity index (χ4v) is 3.93. The van der Waals surface area contributed by atoms with Gasteiger partial charge in [0.25, 0.3) is 0 Å². The zero-order valence-corrected chi connectivity index (χ0v) is 12.3. The fraction of sp³-hybridized carbons (Fsp3) is 0.571. The lowest BCUT2D eigenvalue weighted by atomic mass is 9.81. The molecule has 2 rings (SSSR count). The van der Waals surface area contributed by atoms with Gasteiger partial charge in [-0.05, 0) is 35.3 Å². The van der Waals surface area contributed by atoms with Crippen LogP contribution in [0.15, 0.2) is 6.07 Å². The van der Waals surface area contributed by atoms with E-state index in [1.807, 2.05) is 27.7 Å². The van der Waals surface area contributed by atoms with Crippen molar-refractivity contribution in [1.29, 1.82) is 0 Å². The molecule has 0 aromatic heterocycles. The van der Waals surface area contributed by atoms with Gasteiger partial charge in [0.15, 0.2) is 0 Å². The molecule has 0 aliphatic heterocycles. The van der Waals surface area contributed by atoms with E-state index in [1.54, 1.807) is 6.92 Å². The molecule has 1 aliphatic carbocycles. The summed E-state index contributed by atoms with van der Waals surface area (Å²) in [5.74, 6) is 0. The van der Waals surface area contributed by atoms with Gasteiger partial charge in [0, 0.05) is 11.6 Å². The Bertz CT molecular complexity index is 633. The summed E-state index contributed by atoms with van der Waals surface area (Å²) in [6, 6.07) is 1.33. The van der Waals surface area contributed by atoms with Crippen molar-refractivity contribution in [2.24, 2.45) is 0 Å². The van der Waals surface area contributed by atoms with E-state index in [2.05, 4.69) is 0 Å². The van der Waals surface area contributed by atoms with Crippen molar-refractivity contribution in [2.45, 2.75) is 51.9 Å². The Labute approximate surface area is 117 Å². The molecule has 0 saturated carbocycles. The molecule has 0 saturated heterocycles. The molecule has 0 N–H and O–H groups in total. The molecule has 0 spiro atoms. The lowest BCUT2D eigenvalue weighted by molar-refractivity contribution is -0.423. The van der Waals surface area contributed by atoms with Crippen molar-refractivity contribution < 1.29 is 9.85 Å². The largest absolute Gasteiger partial charge is 0.350 e. The maximum Gasteiger partial charge on any atom is 0.350 e. The van der Waals surface area contributed by atoms with E-state index in [1.165, 1.54) is 6.07 Å². The average Bonchev–Trinajstić information content (AvgIpc) is 2.43. The van der Waals surface area contributed by atoms with Crippen molar-refractivity contribution in [3.63, 3.8) is 0 Å². The monoisotopic (exact) mass is 278 g/mol. The molecule has 1 aliphatic rings. The molecular formula is C14H18N2O4. The summed E-state index contributed by atoms with van der Waals surface area (Å²) >= 11 is 0. The highest BCUT2D eigenvalue weighted by Gasteiger charge is 2.50. The van der Waals surface area contributed by atoms with Gasteiger partial charge in [-0.1, -0.05) is 27.7 Å². The number of nitro groups is 2. The number of fused-ring (bicyclic) bond motifs is 1. The zero-order valence-electron chi connectivity index (χ0n) is 12.3. The molecule has 0 heterocycles. The van der Waals surface area contributed by atoms with Gasteiger partial charge in [-0.15, -0.1) is 0 Å². The number of hydrogen-bond acceptors (Lipinski definition) is 4. The van der Waals surface area contributed by atoms with Crippen molar-refractivity contribution >= 4 is 11.4 Å². The minimum Gasteiger partial charge on any atom is -0.258 e. The number of benzene rings is 1. The summed E-state index contributed by atoms with van der Waals surface area (Å²) in [5, 5.41) is 22.5. The van der Waals surface area contributed by atoms with Gasteiger partial charge in [-0.3, -0.25) is 20.2 Å². The number of nitro benzene ring substituents is 2. The van der Waals surface area contributed by atoms with Crippen LogP contribution in [0.1, 0.15) is 50.8 Å². The van der Waals surface area contributed by atoms with Gasteiger partial charge in [0.05, 0.1) is 9.85 Å². The molecule has 108 valence electrons. The second-order valence-electron chi connectivity index (χ2n) is 6.77. The quantitative estimate of drug-likeness (QED) is 0.608. The third-order valence-corrected chi connectivity index (χ3v) is 4.09. The molecule has 0 fully saturated rings. The van der Waals surface area contributed by atoms with Crippen LogP contribution in [0.25, 0.3) is 0 Å². The Balaban J connectivity index is 2.98. The predicted molar refractivity (Wildman–Crippen MR) is 75.2 cm³/mol. The highest BCUT2D eigenvalue weighted by Crippen LogP contribution is 2.55. The minimum atomic E-state index is -0.660. The number of aryl methyl sites for hydroxylation is 1. The molecule has 0 amide bonds. The van der Waals surface area contributed by atoms with E-state index < -0.39 is 20.9 Å². The molecule has 0 bridgehead atoms. The van der Waals surface area contributed by atoms with Crippen LogP contribution < -0.4 is 0 Å². The Hall–Kier alpha value is -1.98. The summed E-state index contributed by atoms with van der Waals surface area (Å²) < 4.78 is 0. The fourth-order valence-electron chi connectivity index (χ4n) is 3.93. The molecule has 6 heteroatoms. The summed E-state index contributed by atoms with van der Waals surface area (Å²) in [7, 11) is 0. The topological polar surface area (TPSA) is 86.3 Å². The van der Waals surface area contributed by atoms with E-state index in [9.17, 15) is 20.2 Å². The second kappa shape index (κ2) is 4.01. The van der Waals surface area contributed by atoms with E-state index in [0.29, 0.717) is 5.56 Å². The maximum absolute atomic E-state index is 11.4. The SMILES string of the molecule is Cc1cc([N+](=O)[O-])c([N+](=O)[O-])c2c1C(C)(C)CC2(C)C.